The summed E-state index contributed by atoms with van der Waals surface area (Å²) >= 11 is 0. The van der Waals surface area contributed by atoms with Crippen LogP contribution in [0.1, 0.15) is 31.2 Å². The molecule has 9 heteroatoms. The van der Waals surface area contributed by atoms with Crippen molar-refractivity contribution in [2.75, 3.05) is 27.7 Å². The highest BCUT2D eigenvalue weighted by atomic mass is 19.3. The van der Waals surface area contributed by atoms with Crippen molar-refractivity contribution < 1.29 is 22.7 Å². The Bertz CT molecular complexity index is 704. The summed E-state index contributed by atoms with van der Waals surface area (Å²) in [7, 11) is 5.01. The topological polar surface area (TPSA) is 66.0 Å². The van der Waals surface area contributed by atoms with E-state index in [0.29, 0.717) is 12.5 Å². The van der Waals surface area contributed by atoms with Gasteiger partial charge in [-0.15, -0.1) is 0 Å². The standard InChI is InChI=1S/C19H27F3N4O2/c1-23-18(25-12-19(9-4-5-10-19)16(27)26(2)3)24-11-13-14(20)7-6-8-15(13)28-17(21)22/h6-8,17H,4-5,9-12H2,1-3H3,(H2,23,24,25). The van der Waals surface area contributed by atoms with E-state index in [1.165, 1.54) is 18.2 Å². The molecule has 0 atom stereocenters. The molecule has 156 valence electrons. The molecule has 0 aromatic heterocycles. The van der Waals surface area contributed by atoms with Crippen LogP contribution in [0.5, 0.6) is 5.75 Å². The fourth-order valence-electron chi connectivity index (χ4n) is 3.55. The maximum absolute atomic E-state index is 14.1. The fourth-order valence-corrected chi connectivity index (χ4v) is 3.55. The number of halogens is 3. The minimum Gasteiger partial charge on any atom is -0.434 e. The van der Waals surface area contributed by atoms with Crippen LogP contribution in [-0.4, -0.2) is 51.1 Å². The zero-order valence-corrected chi connectivity index (χ0v) is 16.4. The van der Waals surface area contributed by atoms with E-state index in [-0.39, 0.29) is 23.8 Å². The SMILES string of the molecule is CN=C(NCc1c(F)cccc1OC(F)F)NCC1(C(=O)N(C)C)CCCC1. The highest BCUT2D eigenvalue weighted by Gasteiger charge is 2.42. The number of alkyl halides is 2. The van der Waals surface area contributed by atoms with E-state index in [9.17, 15) is 18.0 Å². The zero-order chi connectivity index (χ0) is 20.7. The van der Waals surface area contributed by atoms with Crippen molar-refractivity contribution in [3.05, 3.63) is 29.6 Å². The van der Waals surface area contributed by atoms with Crippen LogP contribution in [0.2, 0.25) is 0 Å². The fraction of sp³-hybridized carbons (Fsp3) is 0.579. The second-order valence-corrected chi connectivity index (χ2v) is 7.06. The Morgan fingerprint density at radius 1 is 1.29 bits per heavy atom. The summed E-state index contributed by atoms with van der Waals surface area (Å²) in [5.41, 5.74) is -0.519. The molecule has 1 aliphatic rings. The second-order valence-electron chi connectivity index (χ2n) is 7.06. The maximum Gasteiger partial charge on any atom is 0.387 e. The summed E-state index contributed by atoms with van der Waals surface area (Å²) in [4.78, 5) is 18.3. The van der Waals surface area contributed by atoms with Crippen LogP contribution in [0, 0.1) is 11.2 Å². The van der Waals surface area contributed by atoms with Crippen molar-refractivity contribution in [3.63, 3.8) is 0 Å². The third kappa shape index (κ3) is 5.30. The first-order valence-corrected chi connectivity index (χ1v) is 9.17. The van der Waals surface area contributed by atoms with E-state index >= 15 is 0 Å². The van der Waals surface area contributed by atoms with Gasteiger partial charge in [0.05, 0.1) is 5.41 Å². The summed E-state index contributed by atoms with van der Waals surface area (Å²) in [6.45, 7) is -2.75. The predicted molar refractivity (Wildman–Crippen MR) is 101 cm³/mol. The number of benzene rings is 1. The lowest BCUT2D eigenvalue weighted by atomic mass is 9.84. The lowest BCUT2D eigenvalue weighted by Gasteiger charge is -2.31. The predicted octanol–water partition coefficient (Wildman–Crippen LogP) is 2.74. The Hall–Kier alpha value is -2.45. The Balaban J connectivity index is 2.03. The van der Waals surface area contributed by atoms with Gasteiger partial charge in [0.2, 0.25) is 5.91 Å². The average Bonchev–Trinajstić information content (AvgIpc) is 3.12. The van der Waals surface area contributed by atoms with Gasteiger partial charge in [-0.3, -0.25) is 9.79 Å². The number of nitrogens with zero attached hydrogens (tertiary/aromatic N) is 2. The molecule has 0 unspecified atom stereocenters. The van der Waals surface area contributed by atoms with Crippen LogP contribution in [-0.2, 0) is 11.3 Å². The van der Waals surface area contributed by atoms with Crippen LogP contribution in [0.25, 0.3) is 0 Å². The first-order chi connectivity index (χ1) is 13.3. The van der Waals surface area contributed by atoms with Crippen molar-refractivity contribution in [1.82, 2.24) is 15.5 Å². The second kappa shape index (κ2) is 9.66. The number of carbonyl (C=O) groups excluding carboxylic acids is 1. The number of guanidine groups is 1. The van der Waals surface area contributed by atoms with Crippen molar-refractivity contribution in [3.8, 4) is 5.75 Å². The summed E-state index contributed by atoms with van der Waals surface area (Å²) in [5.74, 6) is -0.470. The number of ether oxygens (including phenoxy) is 1. The van der Waals surface area contributed by atoms with Crippen LogP contribution in [0.15, 0.2) is 23.2 Å². The molecule has 28 heavy (non-hydrogen) atoms. The number of aliphatic imine (C=N–C) groups is 1. The molecule has 2 N–H and O–H groups in total. The molecular weight excluding hydrogens is 373 g/mol. The Labute approximate surface area is 163 Å². The molecule has 2 rings (SSSR count). The monoisotopic (exact) mass is 400 g/mol. The Kier molecular flexibility index (Phi) is 7.53. The van der Waals surface area contributed by atoms with Gasteiger partial charge in [-0.1, -0.05) is 18.9 Å². The number of rotatable bonds is 7. The van der Waals surface area contributed by atoms with Gasteiger partial charge in [0.15, 0.2) is 5.96 Å². The third-order valence-electron chi connectivity index (χ3n) is 4.96. The van der Waals surface area contributed by atoms with Crippen molar-refractivity contribution in [2.24, 2.45) is 10.4 Å². The van der Waals surface area contributed by atoms with Gasteiger partial charge >= 0.3 is 6.61 Å². The quantitative estimate of drug-likeness (QED) is 0.546. The lowest BCUT2D eigenvalue weighted by Crippen LogP contribution is -2.49. The number of nitrogens with one attached hydrogen (secondary N) is 2. The number of hydrogen-bond donors (Lipinski definition) is 2. The minimum absolute atomic E-state index is 0.0225. The number of amides is 1. The molecule has 6 nitrogen and oxygen atoms in total. The summed E-state index contributed by atoms with van der Waals surface area (Å²) < 4.78 is 43.5. The molecule has 1 aliphatic carbocycles. The average molecular weight is 400 g/mol. The molecule has 0 saturated heterocycles. The molecule has 0 spiro atoms. The van der Waals surface area contributed by atoms with Gasteiger partial charge < -0.3 is 20.3 Å². The van der Waals surface area contributed by atoms with Gasteiger partial charge in [0, 0.05) is 39.8 Å². The summed E-state index contributed by atoms with van der Waals surface area (Å²) in [6.07, 6.45) is 3.54. The highest BCUT2D eigenvalue weighted by Crippen LogP contribution is 2.38. The van der Waals surface area contributed by atoms with Crippen LogP contribution in [0.4, 0.5) is 13.2 Å². The van der Waals surface area contributed by atoms with E-state index in [4.69, 9.17) is 0 Å². The van der Waals surface area contributed by atoms with E-state index in [0.717, 1.165) is 25.7 Å². The summed E-state index contributed by atoms with van der Waals surface area (Å²) in [6, 6.07) is 3.76. The largest absolute Gasteiger partial charge is 0.434 e. The Morgan fingerprint density at radius 2 is 1.96 bits per heavy atom. The van der Waals surface area contributed by atoms with Gasteiger partial charge in [-0.25, -0.2) is 4.39 Å². The van der Waals surface area contributed by atoms with E-state index in [2.05, 4.69) is 20.4 Å². The molecule has 0 aliphatic heterocycles. The first-order valence-electron chi connectivity index (χ1n) is 9.17. The first kappa shape index (κ1) is 21.8. The van der Waals surface area contributed by atoms with E-state index < -0.39 is 17.8 Å². The molecular formula is C19H27F3N4O2. The van der Waals surface area contributed by atoms with E-state index in [1.54, 1.807) is 26.0 Å². The molecule has 0 radical (unpaired) electrons. The van der Waals surface area contributed by atoms with Crippen LogP contribution < -0.4 is 15.4 Å². The molecule has 1 aromatic carbocycles. The van der Waals surface area contributed by atoms with Gasteiger partial charge in [0.1, 0.15) is 11.6 Å². The minimum atomic E-state index is -3.04. The van der Waals surface area contributed by atoms with Crippen LogP contribution in [0.3, 0.4) is 0 Å². The van der Waals surface area contributed by atoms with Crippen molar-refractivity contribution in [2.45, 2.75) is 38.8 Å². The van der Waals surface area contributed by atoms with Gasteiger partial charge in [0.25, 0.3) is 0 Å². The summed E-state index contributed by atoms with van der Waals surface area (Å²) in [5, 5.41) is 6.02. The van der Waals surface area contributed by atoms with Gasteiger partial charge in [-0.05, 0) is 25.0 Å². The lowest BCUT2D eigenvalue weighted by molar-refractivity contribution is -0.138. The number of carbonyl (C=O) groups is 1. The molecule has 0 heterocycles. The smallest absolute Gasteiger partial charge is 0.387 e. The van der Waals surface area contributed by atoms with Crippen molar-refractivity contribution in [1.29, 1.82) is 0 Å². The molecule has 1 amide bonds. The normalized spacial score (nSPS) is 16.2. The molecule has 1 aromatic rings. The molecule has 1 saturated carbocycles. The molecule has 0 bridgehead atoms. The highest BCUT2D eigenvalue weighted by molar-refractivity contribution is 5.85. The number of hydrogen-bond acceptors (Lipinski definition) is 3. The maximum atomic E-state index is 14.1. The van der Waals surface area contributed by atoms with E-state index in [1.807, 2.05) is 0 Å². The third-order valence-corrected chi connectivity index (χ3v) is 4.96. The molecule has 1 fully saturated rings. The van der Waals surface area contributed by atoms with Crippen molar-refractivity contribution >= 4 is 11.9 Å². The van der Waals surface area contributed by atoms with Crippen LogP contribution >= 0.6 is 0 Å². The Morgan fingerprint density at radius 3 is 2.54 bits per heavy atom. The zero-order valence-electron chi connectivity index (χ0n) is 16.4. The van der Waals surface area contributed by atoms with Gasteiger partial charge in [-0.2, -0.15) is 8.78 Å².